The van der Waals surface area contributed by atoms with Crippen molar-refractivity contribution in [2.24, 2.45) is 7.05 Å². The van der Waals surface area contributed by atoms with Crippen molar-refractivity contribution in [3.8, 4) is 5.75 Å². The first-order valence-electron chi connectivity index (χ1n) is 7.04. The van der Waals surface area contributed by atoms with Gasteiger partial charge in [0.25, 0.3) is 0 Å². The minimum atomic E-state index is -0.439. The van der Waals surface area contributed by atoms with Crippen molar-refractivity contribution < 1.29 is 18.7 Å². The molecule has 0 aliphatic carbocycles. The van der Waals surface area contributed by atoms with Crippen molar-refractivity contribution in [2.45, 2.75) is 6.92 Å². The molecule has 0 atom stereocenters. The standard InChI is InChI=1S/C16H15FN2O3S/c1-10-11-9-14(23-15(11)19(2)18-10)16(20)22-8-7-21-13-6-4-3-5-12(13)17/h3-6,9H,7-8H2,1-2H3. The second-order valence-electron chi connectivity index (χ2n) is 4.95. The summed E-state index contributed by atoms with van der Waals surface area (Å²) >= 11 is 1.33. The van der Waals surface area contributed by atoms with Gasteiger partial charge in [-0.2, -0.15) is 5.10 Å². The number of para-hydroxylation sites is 1. The Bertz CT molecular complexity index is 822. The molecule has 0 amide bonds. The van der Waals surface area contributed by atoms with Gasteiger partial charge in [-0.15, -0.1) is 11.3 Å². The van der Waals surface area contributed by atoms with Crippen molar-refractivity contribution >= 4 is 27.5 Å². The maximum Gasteiger partial charge on any atom is 0.348 e. The molecule has 7 heteroatoms. The number of fused-ring (bicyclic) bond motifs is 1. The molecule has 0 N–H and O–H groups in total. The van der Waals surface area contributed by atoms with Crippen LogP contribution >= 0.6 is 11.3 Å². The quantitative estimate of drug-likeness (QED) is 0.530. The van der Waals surface area contributed by atoms with Crippen LogP contribution in [0.25, 0.3) is 10.2 Å². The summed E-state index contributed by atoms with van der Waals surface area (Å²) in [6, 6.07) is 7.88. The predicted octanol–water partition coefficient (Wildman–Crippen LogP) is 3.32. The molecule has 0 spiro atoms. The largest absolute Gasteiger partial charge is 0.487 e. The summed E-state index contributed by atoms with van der Waals surface area (Å²) in [4.78, 5) is 13.5. The third-order valence-electron chi connectivity index (χ3n) is 3.31. The molecule has 3 aromatic rings. The molecule has 0 unspecified atom stereocenters. The van der Waals surface area contributed by atoms with E-state index in [0.717, 1.165) is 15.9 Å². The number of hydrogen-bond acceptors (Lipinski definition) is 5. The normalized spacial score (nSPS) is 10.9. The van der Waals surface area contributed by atoms with E-state index in [1.165, 1.54) is 23.5 Å². The fourth-order valence-corrected chi connectivity index (χ4v) is 3.24. The number of aromatic nitrogens is 2. The number of halogens is 1. The number of aryl methyl sites for hydroxylation is 2. The van der Waals surface area contributed by atoms with Crippen LogP contribution in [0.15, 0.2) is 30.3 Å². The molecule has 0 radical (unpaired) electrons. The molecular weight excluding hydrogens is 319 g/mol. The Morgan fingerprint density at radius 1 is 1.35 bits per heavy atom. The Morgan fingerprint density at radius 2 is 2.13 bits per heavy atom. The lowest BCUT2D eigenvalue weighted by Gasteiger charge is -2.07. The molecule has 0 bridgehead atoms. The third-order valence-corrected chi connectivity index (χ3v) is 4.49. The number of hydrogen-bond donors (Lipinski definition) is 0. The Morgan fingerprint density at radius 3 is 2.87 bits per heavy atom. The van der Waals surface area contributed by atoms with E-state index < -0.39 is 11.8 Å². The maximum absolute atomic E-state index is 13.4. The molecule has 5 nitrogen and oxygen atoms in total. The van der Waals surface area contributed by atoms with Gasteiger partial charge in [0.1, 0.15) is 22.9 Å². The lowest BCUT2D eigenvalue weighted by Crippen LogP contribution is -2.12. The Balaban J connectivity index is 1.56. The van der Waals surface area contributed by atoms with Crippen molar-refractivity contribution in [1.29, 1.82) is 0 Å². The summed E-state index contributed by atoms with van der Waals surface area (Å²) in [5, 5.41) is 5.24. The SMILES string of the molecule is Cc1nn(C)c2sc(C(=O)OCCOc3ccccc3F)cc12. The van der Waals surface area contributed by atoms with Crippen LogP contribution < -0.4 is 4.74 Å². The van der Waals surface area contributed by atoms with Gasteiger partial charge in [0.2, 0.25) is 0 Å². The molecule has 120 valence electrons. The van der Waals surface area contributed by atoms with Crippen molar-refractivity contribution in [3.63, 3.8) is 0 Å². The fraction of sp³-hybridized carbons (Fsp3) is 0.250. The van der Waals surface area contributed by atoms with Crippen LogP contribution in [0.1, 0.15) is 15.4 Å². The highest BCUT2D eigenvalue weighted by Gasteiger charge is 2.16. The van der Waals surface area contributed by atoms with Crippen LogP contribution in [0.2, 0.25) is 0 Å². The summed E-state index contributed by atoms with van der Waals surface area (Å²) < 4.78 is 25.5. The van der Waals surface area contributed by atoms with Gasteiger partial charge in [-0.3, -0.25) is 4.68 Å². The zero-order chi connectivity index (χ0) is 16.4. The van der Waals surface area contributed by atoms with E-state index in [9.17, 15) is 9.18 Å². The van der Waals surface area contributed by atoms with Gasteiger partial charge in [0, 0.05) is 12.4 Å². The minimum Gasteiger partial charge on any atom is -0.487 e. The molecule has 0 aliphatic heterocycles. The monoisotopic (exact) mass is 334 g/mol. The molecule has 0 fully saturated rings. The van der Waals surface area contributed by atoms with E-state index in [2.05, 4.69) is 5.10 Å². The summed E-state index contributed by atoms with van der Waals surface area (Å²) in [6.45, 7) is 2.04. The number of rotatable bonds is 5. The first kappa shape index (κ1) is 15.5. The van der Waals surface area contributed by atoms with Crippen LogP contribution in [-0.2, 0) is 11.8 Å². The van der Waals surface area contributed by atoms with Crippen LogP contribution in [0.3, 0.4) is 0 Å². The van der Waals surface area contributed by atoms with Gasteiger partial charge in [-0.05, 0) is 25.1 Å². The second kappa shape index (κ2) is 6.37. The number of carbonyl (C=O) groups is 1. The number of ether oxygens (including phenoxy) is 2. The highest BCUT2D eigenvalue weighted by atomic mass is 32.1. The average Bonchev–Trinajstić information content (AvgIpc) is 3.07. The Kier molecular flexibility index (Phi) is 4.29. The molecule has 1 aromatic carbocycles. The van der Waals surface area contributed by atoms with E-state index >= 15 is 0 Å². The van der Waals surface area contributed by atoms with E-state index in [1.54, 1.807) is 22.9 Å². The predicted molar refractivity (Wildman–Crippen MR) is 85.5 cm³/mol. The molecule has 0 aliphatic rings. The number of nitrogens with zero attached hydrogens (tertiary/aromatic N) is 2. The number of esters is 1. The fourth-order valence-electron chi connectivity index (χ4n) is 2.22. The van der Waals surface area contributed by atoms with Crippen molar-refractivity contribution in [2.75, 3.05) is 13.2 Å². The summed E-state index contributed by atoms with van der Waals surface area (Å²) in [5.41, 5.74) is 0.876. The Hall–Kier alpha value is -2.41. The van der Waals surface area contributed by atoms with E-state index in [4.69, 9.17) is 9.47 Å². The lowest BCUT2D eigenvalue weighted by atomic mass is 10.3. The first-order valence-corrected chi connectivity index (χ1v) is 7.85. The van der Waals surface area contributed by atoms with E-state index in [-0.39, 0.29) is 19.0 Å². The zero-order valence-corrected chi connectivity index (χ0v) is 13.5. The van der Waals surface area contributed by atoms with Crippen LogP contribution in [0, 0.1) is 12.7 Å². The molecule has 2 heterocycles. The molecule has 0 saturated heterocycles. The summed E-state index contributed by atoms with van der Waals surface area (Å²) in [6.07, 6.45) is 0. The number of carbonyl (C=O) groups excluding carboxylic acids is 1. The molecule has 2 aromatic heterocycles. The zero-order valence-electron chi connectivity index (χ0n) is 12.7. The highest BCUT2D eigenvalue weighted by Crippen LogP contribution is 2.28. The van der Waals surface area contributed by atoms with Crippen LogP contribution in [0.4, 0.5) is 4.39 Å². The van der Waals surface area contributed by atoms with Gasteiger partial charge >= 0.3 is 5.97 Å². The van der Waals surface area contributed by atoms with Gasteiger partial charge in [-0.25, -0.2) is 9.18 Å². The summed E-state index contributed by atoms with van der Waals surface area (Å²) in [5.74, 6) is -0.707. The van der Waals surface area contributed by atoms with Crippen LogP contribution in [-0.4, -0.2) is 29.0 Å². The van der Waals surface area contributed by atoms with E-state index in [1.807, 2.05) is 14.0 Å². The second-order valence-corrected chi connectivity index (χ2v) is 5.98. The summed E-state index contributed by atoms with van der Waals surface area (Å²) in [7, 11) is 1.84. The first-order chi connectivity index (χ1) is 11.1. The smallest absolute Gasteiger partial charge is 0.348 e. The van der Waals surface area contributed by atoms with Gasteiger partial charge in [0.15, 0.2) is 11.6 Å². The highest BCUT2D eigenvalue weighted by molar-refractivity contribution is 7.20. The topological polar surface area (TPSA) is 53.4 Å². The molecule has 23 heavy (non-hydrogen) atoms. The van der Waals surface area contributed by atoms with E-state index in [0.29, 0.717) is 4.88 Å². The van der Waals surface area contributed by atoms with Gasteiger partial charge < -0.3 is 9.47 Å². The Labute approximate surface area is 136 Å². The lowest BCUT2D eigenvalue weighted by molar-refractivity contribution is 0.0454. The number of thiophene rings is 1. The number of benzene rings is 1. The van der Waals surface area contributed by atoms with Crippen molar-refractivity contribution in [1.82, 2.24) is 9.78 Å². The van der Waals surface area contributed by atoms with Crippen molar-refractivity contribution in [3.05, 3.63) is 46.7 Å². The molecular formula is C16H15FN2O3S. The third kappa shape index (κ3) is 3.19. The average molecular weight is 334 g/mol. The molecule has 3 rings (SSSR count). The minimum absolute atomic E-state index is 0.0542. The van der Waals surface area contributed by atoms with Gasteiger partial charge in [-0.1, -0.05) is 12.1 Å². The molecule has 0 saturated carbocycles. The van der Waals surface area contributed by atoms with Crippen LogP contribution in [0.5, 0.6) is 5.75 Å². The maximum atomic E-state index is 13.4. The van der Waals surface area contributed by atoms with Gasteiger partial charge in [0.05, 0.1) is 5.69 Å².